The number of carbonyl (C=O) groups is 1. The van der Waals surface area contributed by atoms with Gasteiger partial charge in [-0.1, -0.05) is 67.6 Å². The van der Waals surface area contributed by atoms with Crippen molar-refractivity contribution in [3.63, 3.8) is 0 Å². The van der Waals surface area contributed by atoms with Gasteiger partial charge in [0.25, 0.3) is 0 Å². The van der Waals surface area contributed by atoms with Gasteiger partial charge in [-0.25, -0.2) is 0 Å². The van der Waals surface area contributed by atoms with Crippen LogP contribution in [0, 0.1) is 0 Å². The second-order valence-corrected chi connectivity index (χ2v) is 7.68. The molecule has 0 saturated carbocycles. The zero-order valence-corrected chi connectivity index (χ0v) is 16.1. The molecule has 2 aliphatic heterocycles. The van der Waals surface area contributed by atoms with Crippen molar-refractivity contribution in [1.82, 2.24) is 9.80 Å². The number of piperazine rings is 1. The molecule has 2 heterocycles. The second-order valence-electron chi connectivity index (χ2n) is 7.68. The predicted octanol–water partition coefficient (Wildman–Crippen LogP) is 4.31. The molecule has 1 amide bonds. The molecule has 0 aromatic heterocycles. The van der Waals surface area contributed by atoms with E-state index in [1.807, 2.05) is 6.92 Å². The molecule has 3 heteroatoms. The Labute approximate surface area is 162 Å². The van der Waals surface area contributed by atoms with Gasteiger partial charge in [-0.2, -0.15) is 0 Å². The van der Waals surface area contributed by atoms with E-state index in [-0.39, 0.29) is 0 Å². The van der Waals surface area contributed by atoms with E-state index in [2.05, 4.69) is 76.5 Å². The van der Waals surface area contributed by atoms with Crippen molar-refractivity contribution in [2.45, 2.75) is 38.3 Å². The van der Waals surface area contributed by atoms with E-state index in [1.54, 1.807) is 0 Å². The lowest BCUT2D eigenvalue weighted by Crippen LogP contribution is -2.55. The number of likely N-dealkylation sites (tertiary alicyclic amines) is 1. The van der Waals surface area contributed by atoms with Crippen LogP contribution in [0.25, 0.3) is 11.6 Å². The van der Waals surface area contributed by atoms with Crippen LogP contribution in [0.4, 0.5) is 0 Å². The number of amides is 1. The quantitative estimate of drug-likeness (QED) is 0.742. The summed E-state index contributed by atoms with van der Waals surface area (Å²) in [5.74, 6) is 0.324. The molecule has 4 rings (SSSR count). The van der Waals surface area contributed by atoms with Crippen LogP contribution in [0.3, 0.4) is 0 Å². The maximum absolute atomic E-state index is 12.3. The van der Waals surface area contributed by atoms with E-state index >= 15 is 0 Å². The molecule has 0 N–H and O–H groups in total. The van der Waals surface area contributed by atoms with Crippen LogP contribution in [0.15, 0.2) is 60.7 Å². The van der Waals surface area contributed by atoms with Gasteiger partial charge in [0.2, 0.25) is 5.91 Å². The van der Waals surface area contributed by atoms with Crippen LogP contribution in [0.5, 0.6) is 0 Å². The topological polar surface area (TPSA) is 23.6 Å². The molecule has 2 fully saturated rings. The van der Waals surface area contributed by atoms with Crippen LogP contribution >= 0.6 is 0 Å². The number of rotatable bonds is 5. The molecule has 0 spiro atoms. The molecule has 140 valence electrons. The smallest absolute Gasteiger partial charge is 0.222 e. The van der Waals surface area contributed by atoms with Crippen LogP contribution in [0.2, 0.25) is 0 Å². The minimum absolute atomic E-state index is 0.324. The van der Waals surface area contributed by atoms with Crippen molar-refractivity contribution >= 4 is 17.6 Å². The Hall–Kier alpha value is -2.39. The first kappa shape index (κ1) is 18.0. The Morgan fingerprint density at radius 2 is 1.56 bits per heavy atom. The van der Waals surface area contributed by atoms with Crippen molar-refractivity contribution < 1.29 is 4.79 Å². The van der Waals surface area contributed by atoms with E-state index in [0.717, 1.165) is 32.5 Å². The van der Waals surface area contributed by atoms with Crippen LogP contribution in [-0.4, -0.2) is 47.4 Å². The molecule has 2 aromatic rings. The van der Waals surface area contributed by atoms with E-state index in [0.29, 0.717) is 24.4 Å². The summed E-state index contributed by atoms with van der Waals surface area (Å²) in [4.78, 5) is 17.0. The molecular formula is C24H28N2O. The fraction of sp³-hybridized carbons (Fsp3) is 0.375. The summed E-state index contributed by atoms with van der Waals surface area (Å²) in [5.41, 5.74) is 3.86. The summed E-state index contributed by atoms with van der Waals surface area (Å²) in [7, 11) is 0. The average Bonchev–Trinajstić information content (AvgIpc) is 2.99. The summed E-state index contributed by atoms with van der Waals surface area (Å²) in [6.45, 7) is 4.88. The number of benzene rings is 2. The number of hydrogen-bond donors (Lipinski definition) is 0. The Balaban J connectivity index is 1.55. The lowest BCUT2D eigenvalue weighted by Gasteiger charge is -2.41. The van der Waals surface area contributed by atoms with Gasteiger partial charge in [-0.3, -0.25) is 9.69 Å². The zero-order chi connectivity index (χ0) is 18.6. The standard InChI is InChI=1S/C24H28N2O/c1-2-24(27)26-22-13-14-23(26)18-25(17-22)16-21(20-11-7-4-8-12-20)15-19-9-5-3-6-10-19/h3-12,15,22-23H,2,13-14,16-18H2,1H3. The third kappa shape index (κ3) is 3.98. The summed E-state index contributed by atoms with van der Waals surface area (Å²) in [6, 6.07) is 22.0. The van der Waals surface area contributed by atoms with Crippen molar-refractivity contribution in [2.75, 3.05) is 19.6 Å². The first-order valence-corrected chi connectivity index (χ1v) is 10.1. The number of nitrogens with zero attached hydrogens (tertiary/aromatic N) is 2. The third-order valence-corrected chi connectivity index (χ3v) is 5.83. The van der Waals surface area contributed by atoms with Crippen molar-refractivity contribution in [3.05, 3.63) is 71.8 Å². The zero-order valence-electron chi connectivity index (χ0n) is 16.1. The summed E-state index contributed by atoms with van der Waals surface area (Å²) in [5, 5.41) is 0. The molecule has 2 atom stereocenters. The van der Waals surface area contributed by atoms with Crippen LogP contribution < -0.4 is 0 Å². The van der Waals surface area contributed by atoms with Crippen LogP contribution in [0.1, 0.15) is 37.3 Å². The maximum Gasteiger partial charge on any atom is 0.222 e. The largest absolute Gasteiger partial charge is 0.334 e. The summed E-state index contributed by atoms with van der Waals surface area (Å²) < 4.78 is 0. The third-order valence-electron chi connectivity index (χ3n) is 5.83. The highest BCUT2D eigenvalue weighted by atomic mass is 16.2. The molecule has 0 aliphatic carbocycles. The Kier molecular flexibility index (Phi) is 5.40. The van der Waals surface area contributed by atoms with Gasteiger partial charge in [0, 0.05) is 38.1 Å². The lowest BCUT2D eigenvalue weighted by atomic mass is 10.0. The minimum Gasteiger partial charge on any atom is -0.334 e. The second kappa shape index (κ2) is 8.10. The van der Waals surface area contributed by atoms with E-state index < -0.39 is 0 Å². The number of carbonyl (C=O) groups excluding carboxylic acids is 1. The average molecular weight is 361 g/mol. The monoisotopic (exact) mass is 360 g/mol. The maximum atomic E-state index is 12.3. The van der Waals surface area contributed by atoms with Gasteiger partial charge in [-0.15, -0.1) is 0 Å². The van der Waals surface area contributed by atoms with Gasteiger partial charge >= 0.3 is 0 Å². The van der Waals surface area contributed by atoms with E-state index in [1.165, 1.54) is 16.7 Å². The lowest BCUT2D eigenvalue weighted by molar-refractivity contribution is -0.136. The van der Waals surface area contributed by atoms with E-state index in [4.69, 9.17) is 0 Å². The van der Waals surface area contributed by atoms with Crippen LogP contribution in [-0.2, 0) is 4.79 Å². The fourth-order valence-corrected chi connectivity index (χ4v) is 4.57. The molecule has 2 unspecified atom stereocenters. The van der Waals surface area contributed by atoms with Gasteiger partial charge in [0.05, 0.1) is 0 Å². The summed E-state index contributed by atoms with van der Waals surface area (Å²) in [6.07, 6.45) is 5.23. The highest BCUT2D eigenvalue weighted by molar-refractivity contribution is 5.82. The first-order valence-electron chi connectivity index (χ1n) is 10.1. The SMILES string of the molecule is CCC(=O)N1C2CCC1CN(CC(=Cc1ccccc1)c1ccccc1)C2. The predicted molar refractivity (Wildman–Crippen MR) is 111 cm³/mol. The molecule has 2 aromatic carbocycles. The Bertz CT molecular complexity index is 786. The molecule has 27 heavy (non-hydrogen) atoms. The highest BCUT2D eigenvalue weighted by Gasteiger charge is 2.41. The molecule has 0 radical (unpaired) electrons. The molecule has 2 aliphatic rings. The molecule has 2 bridgehead atoms. The van der Waals surface area contributed by atoms with Crippen molar-refractivity contribution in [3.8, 4) is 0 Å². The number of fused-ring (bicyclic) bond motifs is 2. The number of hydrogen-bond acceptors (Lipinski definition) is 2. The Morgan fingerprint density at radius 3 is 2.15 bits per heavy atom. The van der Waals surface area contributed by atoms with Gasteiger partial charge in [0.1, 0.15) is 0 Å². The summed E-state index contributed by atoms with van der Waals surface area (Å²) >= 11 is 0. The highest BCUT2D eigenvalue weighted by Crippen LogP contribution is 2.32. The first-order chi connectivity index (χ1) is 13.2. The van der Waals surface area contributed by atoms with Gasteiger partial charge in [-0.05, 0) is 35.6 Å². The fourth-order valence-electron chi connectivity index (χ4n) is 4.57. The minimum atomic E-state index is 0.324. The molecular weight excluding hydrogens is 332 g/mol. The van der Waals surface area contributed by atoms with Crippen molar-refractivity contribution in [2.24, 2.45) is 0 Å². The van der Waals surface area contributed by atoms with E-state index in [9.17, 15) is 4.79 Å². The Morgan fingerprint density at radius 1 is 0.963 bits per heavy atom. The molecule has 3 nitrogen and oxygen atoms in total. The van der Waals surface area contributed by atoms with Gasteiger partial charge < -0.3 is 4.90 Å². The molecule has 2 saturated heterocycles. The normalized spacial score (nSPS) is 22.9. The van der Waals surface area contributed by atoms with Gasteiger partial charge in [0.15, 0.2) is 0 Å². The van der Waals surface area contributed by atoms with Crippen molar-refractivity contribution in [1.29, 1.82) is 0 Å².